The van der Waals surface area contributed by atoms with Crippen LogP contribution in [0.3, 0.4) is 0 Å². The van der Waals surface area contributed by atoms with E-state index in [1.54, 1.807) is 12.1 Å². The third kappa shape index (κ3) is 4.89. The first-order valence-corrected chi connectivity index (χ1v) is 7.31. The van der Waals surface area contributed by atoms with E-state index >= 15 is 0 Å². The zero-order valence-electron chi connectivity index (χ0n) is 11.8. The Balaban J connectivity index is 2.15. The molecular formula is C15H21F3N2O. The van der Waals surface area contributed by atoms with Gasteiger partial charge in [-0.25, -0.2) is 0 Å². The third-order valence-corrected chi connectivity index (χ3v) is 4.00. The molecule has 0 bridgehead atoms. The second-order valence-electron chi connectivity index (χ2n) is 5.52. The van der Waals surface area contributed by atoms with Gasteiger partial charge in [-0.05, 0) is 36.5 Å². The second-order valence-corrected chi connectivity index (χ2v) is 5.52. The molecule has 3 nitrogen and oxygen atoms in total. The summed E-state index contributed by atoms with van der Waals surface area (Å²) in [7, 11) is 0. The molecule has 1 saturated carbocycles. The van der Waals surface area contributed by atoms with Gasteiger partial charge in [0, 0.05) is 6.04 Å². The fraction of sp³-hybridized carbons (Fsp3) is 0.600. The molecule has 1 unspecified atom stereocenters. The van der Waals surface area contributed by atoms with Crippen molar-refractivity contribution in [3.63, 3.8) is 0 Å². The summed E-state index contributed by atoms with van der Waals surface area (Å²) < 4.78 is 40.9. The summed E-state index contributed by atoms with van der Waals surface area (Å²) >= 11 is 0. The molecule has 1 fully saturated rings. The molecule has 0 spiro atoms. The van der Waals surface area contributed by atoms with E-state index in [9.17, 15) is 13.2 Å². The molecule has 118 valence electrons. The van der Waals surface area contributed by atoms with Crippen LogP contribution in [0.5, 0.6) is 5.75 Å². The Kier molecular flexibility index (Phi) is 5.47. The number of nitrogens with two attached hydrogens (primary N) is 1. The van der Waals surface area contributed by atoms with Crippen LogP contribution >= 0.6 is 0 Å². The van der Waals surface area contributed by atoms with Crippen LogP contribution in [0.2, 0.25) is 0 Å². The first-order valence-electron chi connectivity index (χ1n) is 7.31. The van der Waals surface area contributed by atoms with Crippen molar-refractivity contribution in [3.05, 3.63) is 29.8 Å². The Morgan fingerprint density at radius 2 is 1.81 bits per heavy atom. The highest BCUT2D eigenvalue weighted by Gasteiger charge is 2.31. The van der Waals surface area contributed by atoms with E-state index in [1.165, 1.54) is 25.0 Å². The van der Waals surface area contributed by atoms with E-state index in [4.69, 9.17) is 5.84 Å². The number of benzene rings is 1. The van der Waals surface area contributed by atoms with Crippen LogP contribution in [0.15, 0.2) is 24.3 Å². The van der Waals surface area contributed by atoms with Crippen LogP contribution in [0, 0.1) is 5.92 Å². The van der Waals surface area contributed by atoms with E-state index < -0.39 is 6.36 Å². The minimum atomic E-state index is -4.67. The summed E-state index contributed by atoms with van der Waals surface area (Å²) in [5.41, 5.74) is 3.51. The van der Waals surface area contributed by atoms with Gasteiger partial charge in [-0.15, -0.1) is 13.2 Å². The predicted molar refractivity (Wildman–Crippen MR) is 74.4 cm³/mol. The smallest absolute Gasteiger partial charge is 0.406 e. The Hall–Kier alpha value is -1.27. The van der Waals surface area contributed by atoms with Crippen molar-refractivity contribution in [1.29, 1.82) is 0 Å². The highest BCUT2D eigenvalue weighted by molar-refractivity contribution is 5.31. The lowest BCUT2D eigenvalue weighted by atomic mass is 9.87. The molecule has 0 radical (unpaired) electrons. The standard InChI is InChI=1S/C15H21F3N2O/c16-15(17,18)21-13-9-5-8-12(10-13)14(20-19)11-6-3-1-2-4-7-11/h5,8-11,14,20H,1-4,6-7,19H2. The zero-order chi connectivity index (χ0) is 15.3. The van der Waals surface area contributed by atoms with Crippen molar-refractivity contribution in [2.45, 2.75) is 50.9 Å². The SMILES string of the molecule is NNC(c1cccc(OC(F)(F)F)c1)C1CCCCCC1. The zero-order valence-corrected chi connectivity index (χ0v) is 11.8. The summed E-state index contributed by atoms with van der Waals surface area (Å²) in [6, 6.07) is 5.94. The minimum absolute atomic E-state index is 0.139. The quantitative estimate of drug-likeness (QED) is 0.501. The summed E-state index contributed by atoms with van der Waals surface area (Å²) in [4.78, 5) is 0. The molecule has 1 aliphatic rings. The normalized spacial score (nSPS) is 19.0. The lowest BCUT2D eigenvalue weighted by molar-refractivity contribution is -0.274. The Bertz CT molecular complexity index is 443. The molecular weight excluding hydrogens is 281 g/mol. The fourth-order valence-corrected chi connectivity index (χ4v) is 3.05. The second kappa shape index (κ2) is 7.13. The molecule has 0 aromatic heterocycles. The average Bonchev–Trinajstić information content (AvgIpc) is 2.67. The lowest BCUT2D eigenvalue weighted by Gasteiger charge is -2.26. The molecule has 1 aromatic carbocycles. The Morgan fingerprint density at radius 3 is 2.38 bits per heavy atom. The third-order valence-electron chi connectivity index (χ3n) is 4.00. The van der Waals surface area contributed by atoms with E-state index in [0.29, 0.717) is 5.92 Å². The number of hydrogen-bond donors (Lipinski definition) is 2. The van der Waals surface area contributed by atoms with Crippen LogP contribution in [0.1, 0.15) is 50.1 Å². The van der Waals surface area contributed by atoms with Crippen LogP contribution in [-0.2, 0) is 0 Å². The molecule has 6 heteroatoms. The van der Waals surface area contributed by atoms with Gasteiger partial charge in [0.15, 0.2) is 0 Å². The topological polar surface area (TPSA) is 47.3 Å². The number of hydrogen-bond acceptors (Lipinski definition) is 3. The lowest BCUT2D eigenvalue weighted by Crippen LogP contribution is -2.33. The fourth-order valence-electron chi connectivity index (χ4n) is 3.05. The summed E-state index contributed by atoms with van der Waals surface area (Å²) in [5.74, 6) is 5.80. The van der Waals surface area contributed by atoms with E-state index in [0.717, 1.165) is 31.2 Å². The largest absolute Gasteiger partial charge is 0.573 e. The van der Waals surface area contributed by atoms with Gasteiger partial charge >= 0.3 is 6.36 Å². The van der Waals surface area contributed by atoms with Crippen molar-refractivity contribution in [2.75, 3.05) is 0 Å². The van der Waals surface area contributed by atoms with E-state index in [-0.39, 0.29) is 11.8 Å². The molecule has 3 N–H and O–H groups in total. The van der Waals surface area contributed by atoms with Crippen molar-refractivity contribution in [2.24, 2.45) is 11.8 Å². The molecule has 0 heterocycles. The monoisotopic (exact) mass is 302 g/mol. The van der Waals surface area contributed by atoms with Crippen molar-refractivity contribution >= 4 is 0 Å². The van der Waals surface area contributed by atoms with Gasteiger partial charge in [-0.3, -0.25) is 11.3 Å². The van der Waals surface area contributed by atoms with Crippen LogP contribution in [-0.4, -0.2) is 6.36 Å². The number of hydrazine groups is 1. The molecule has 2 rings (SSSR count). The van der Waals surface area contributed by atoms with Gasteiger partial charge in [0.2, 0.25) is 0 Å². The molecule has 21 heavy (non-hydrogen) atoms. The van der Waals surface area contributed by atoms with Gasteiger partial charge < -0.3 is 4.74 Å². The Labute approximate surface area is 122 Å². The number of rotatable bonds is 4. The maximum Gasteiger partial charge on any atom is 0.573 e. The molecule has 0 saturated heterocycles. The maximum atomic E-state index is 12.3. The summed E-state index contributed by atoms with van der Waals surface area (Å²) in [5, 5.41) is 0. The molecule has 1 atom stereocenters. The van der Waals surface area contributed by atoms with Crippen LogP contribution < -0.4 is 16.0 Å². The van der Waals surface area contributed by atoms with E-state index in [2.05, 4.69) is 10.2 Å². The number of alkyl halides is 3. The average molecular weight is 302 g/mol. The number of halogens is 3. The highest BCUT2D eigenvalue weighted by atomic mass is 19.4. The first kappa shape index (κ1) is 16.1. The van der Waals surface area contributed by atoms with E-state index in [1.807, 2.05) is 0 Å². The van der Waals surface area contributed by atoms with Gasteiger partial charge in [0.1, 0.15) is 5.75 Å². The Morgan fingerprint density at radius 1 is 1.14 bits per heavy atom. The predicted octanol–water partition coefficient (Wildman–Crippen LogP) is 4.06. The van der Waals surface area contributed by atoms with Gasteiger partial charge in [0.25, 0.3) is 0 Å². The number of ether oxygens (including phenoxy) is 1. The highest BCUT2D eigenvalue weighted by Crippen LogP contribution is 2.34. The maximum absolute atomic E-state index is 12.3. The van der Waals surface area contributed by atoms with Crippen molar-refractivity contribution < 1.29 is 17.9 Å². The van der Waals surface area contributed by atoms with Crippen LogP contribution in [0.25, 0.3) is 0 Å². The van der Waals surface area contributed by atoms with Gasteiger partial charge in [0.05, 0.1) is 0 Å². The first-order chi connectivity index (χ1) is 9.99. The molecule has 0 aliphatic heterocycles. The minimum Gasteiger partial charge on any atom is -0.406 e. The summed E-state index contributed by atoms with van der Waals surface area (Å²) in [6.45, 7) is 0. The molecule has 1 aromatic rings. The van der Waals surface area contributed by atoms with Crippen LogP contribution in [0.4, 0.5) is 13.2 Å². The molecule has 0 amide bonds. The van der Waals surface area contributed by atoms with Crippen molar-refractivity contribution in [3.8, 4) is 5.75 Å². The van der Waals surface area contributed by atoms with Gasteiger partial charge in [-0.2, -0.15) is 0 Å². The number of nitrogens with one attached hydrogen (secondary N) is 1. The van der Waals surface area contributed by atoms with Gasteiger partial charge in [-0.1, -0.05) is 37.8 Å². The van der Waals surface area contributed by atoms with Crippen molar-refractivity contribution in [1.82, 2.24) is 5.43 Å². The summed E-state index contributed by atoms with van der Waals surface area (Å²) in [6.07, 6.45) is 2.12. The molecule has 1 aliphatic carbocycles.